The Morgan fingerprint density at radius 3 is 2.59 bits per heavy atom. The third-order valence-electron chi connectivity index (χ3n) is 5.68. The predicted octanol–water partition coefficient (Wildman–Crippen LogP) is 2.40. The second-order valence-corrected chi connectivity index (χ2v) is 9.34. The SMILES string of the molecule is NCc1cccc(-n2cnc3c2C(=O)C(c2ccc(-c4ccncc4S(N)(=O)=O)cc2)N=C3)c1. The first-order valence-corrected chi connectivity index (χ1v) is 11.9. The van der Waals surface area contributed by atoms with Crippen LogP contribution in [-0.2, 0) is 16.6 Å². The Labute approximate surface area is 195 Å². The van der Waals surface area contributed by atoms with E-state index in [1.54, 1.807) is 47.4 Å². The average Bonchev–Trinajstić information content (AvgIpc) is 3.29. The summed E-state index contributed by atoms with van der Waals surface area (Å²) in [6.45, 7) is 0.389. The molecule has 2 aromatic heterocycles. The smallest absolute Gasteiger partial charge is 0.240 e. The van der Waals surface area contributed by atoms with Crippen molar-refractivity contribution in [3.63, 3.8) is 0 Å². The molecule has 34 heavy (non-hydrogen) atoms. The molecule has 1 aliphatic rings. The maximum atomic E-state index is 13.5. The number of benzene rings is 2. The Morgan fingerprint density at radius 1 is 1.06 bits per heavy atom. The minimum atomic E-state index is -3.94. The van der Waals surface area contributed by atoms with Gasteiger partial charge in [-0.3, -0.25) is 19.3 Å². The molecule has 0 spiro atoms. The molecule has 0 amide bonds. The Hall–Kier alpha value is -3.99. The monoisotopic (exact) mass is 472 g/mol. The van der Waals surface area contributed by atoms with Crippen molar-refractivity contribution in [2.75, 3.05) is 0 Å². The van der Waals surface area contributed by atoms with Gasteiger partial charge in [-0.15, -0.1) is 0 Å². The number of Topliss-reactive ketones (excluding diaryl/α,β-unsaturated/α-hetero) is 1. The largest absolute Gasteiger partial charge is 0.326 e. The normalized spacial score (nSPS) is 15.4. The van der Waals surface area contributed by atoms with Gasteiger partial charge in [0.15, 0.2) is 0 Å². The fourth-order valence-corrected chi connectivity index (χ4v) is 4.70. The van der Waals surface area contributed by atoms with Crippen LogP contribution >= 0.6 is 0 Å². The van der Waals surface area contributed by atoms with E-state index in [2.05, 4.69) is 15.0 Å². The number of aromatic nitrogens is 3. The predicted molar refractivity (Wildman–Crippen MR) is 127 cm³/mol. The topological polar surface area (TPSA) is 146 Å². The highest BCUT2D eigenvalue weighted by Crippen LogP contribution is 2.32. The van der Waals surface area contributed by atoms with Crippen molar-refractivity contribution in [2.24, 2.45) is 15.9 Å². The van der Waals surface area contributed by atoms with Gasteiger partial charge in [0, 0.05) is 30.2 Å². The van der Waals surface area contributed by atoms with E-state index in [1.807, 2.05) is 24.3 Å². The number of sulfonamides is 1. The summed E-state index contributed by atoms with van der Waals surface area (Å²) in [7, 11) is -3.94. The summed E-state index contributed by atoms with van der Waals surface area (Å²) >= 11 is 0. The summed E-state index contributed by atoms with van der Waals surface area (Å²) in [5.41, 5.74) is 10.2. The fourth-order valence-electron chi connectivity index (χ4n) is 4.00. The maximum absolute atomic E-state index is 13.5. The number of nitrogens with zero attached hydrogens (tertiary/aromatic N) is 4. The van der Waals surface area contributed by atoms with Gasteiger partial charge in [-0.1, -0.05) is 36.4 Å². The lowest BCUT2D eigenvalue weighted by Gasteiger charge is -2.18. The molecule has 0 saturated carbocycles. The molecule has 3 heterocycles. The quantitative estimate of drug-likeness (QED) is 0.456. The molecule has 1 atom stereocenters. The van der Waals surface area contributed by atoms with Gasteiger partial charge in [0.1, 0.15) is 28.7 Å². The summed E-state index contributed by atoms with van der Waals surface area (Å²) < 4.78 is 25.6. The van der Waals surface area contributed by atoms with Crippen LogP contribution in [0.25, 0.3) is 16.8 Å². The lowest BCUT2D eigenvalue weighted by molar-refractivity contribution is 0.0953. The molecule has 4 N–H and O–H groups in total. The van der Waals surface area contributed by atoms with Crippen LogP contribution in [0.4, 0.5) is 0 Å². The van der Waals surface area contributed by atoms with Gasteiger partial charge in [0.05, 0.1) is 6.21 Å². The molecule has 10 heteroatoms. The van der Waals surface area contributed by atoms with Gasteiger partial charge in [0.2, 0.25) is 15.8 Å². The zero-order valence-electron chi connectivity index (χ0n) is 17.9. The van der Waals surface area contributed by atoms with Gasteiger partial charge in [-0.2, -0.15) is 0 Å². The number of fused-ring (bicyclic) bond motifs is 1. The van der Waals surface area contributed by atoms with Crippen molar-refractivity contribution in [2.45, 2.75) is 17.5 Å². The van der Waals surface area contributed by atoms with E-state index in [0.29, 0.717) is 34.6 Å². The number of imidazole rings is 1. The lowest BCUT2D eigenvalue weighted by atomic mass is 9.96. The minimum absolute atomic E-state index is 0.0669. The van der Waals surface area contributed by atoms with Crippen molar-refractivity contribution in [1.82, 2.24) is 14.5 Å². The molecular formula is C24H20N6O3S. The van der Waals surface area contributed by atoms with Crippen molar-refractivity contribution in [1.29, 1.82) is 0 Å². The number of aliphatic imine (C=N–C) groups is 1. The number of ketones is 1. The van der Waals surface area contributed by atoms with Crippen LogP contribution in [0.2, 0.25) is 0 Å². The molecule has 1 unspecified atom stereocenters. The summed E-state index contributed by atoms with van der Waals surface area (Å²) in [5.74, 6) is -0.185. The van der Waals surface area contributed by atoms with Gasteiger partial charge < -0.3 is 5.73 Å². The summed E-state index contributed by atoms with van der Waals surface area (Å²) in [6, 6.07) is 15.4. The average molecular weight is 473 g/mol. The van der Waals surface area contributed by atoms with E-state index in [1.165, 1.54) is 12.4 Å². The number of primary sulfonamides is 1. The molecule has 0 saturated heterocycles. The Balaban J connectivity index is 1.49. The number of rotatable bonds is 5. The molecule has 4 aromatic rings. The van der Waals surface area contributed by atoms with E-state index >= 15 is 0 Å². The van der Waals surface area contributed by atoms with E-state index < -0.39 is 16.1 Å². The molecule has 0 aliphatic carbocycles. The molecule has 5 rings (SSSR count). The van der Waals surface area contributed by atoms with E-state index in [0.717, 1.165) is 11.3 Å². The Kier molecular flexibility index (Phi) is 5.40. The number of hydrogen-bond donors (Lipinski definition) is 2. The van der Waals surface area contributed by atoms with Crippen LogP contribution in [0, 0.1) is 0 Å². The Bertz CT molecular complexity index is 1540. The number of carbonyl (C=O) groups excluding carboxylic acids is 1. The first kappa shape index (κ1) is 21.8. The highest BCUT2D eigenvalue weighted by molar-refractivity contribution is 7.89. The first-order chi connectivity index (χ1) is 16.4. The van der Waals surface area contributed by atoms with Crippen LogP contribution in [-0.4, -0.2) is 35.0 Å². The molecular weight excluding hydrogens is 452 g/mol. The number of hydrogen-bond acceptors (Lipinski definition) is 7. The maximum Gasteiger partial charge on any atom is 0.240 e. The third-order valence-corrected chi connectivity index (χ3v) is 6.61. The zero-order chi connectivity index (χ0) is 23.9. The van der Waals surface area contributed by atoms with Crippen LogP contribution in [0.3, 0.4) is 0 Å². The number of pyridine rings is 1. The van der Waals surface area contributed by atoms with Crippen molar-refractivity contribution in [3.05, 3.63) is 95.8 Å². The van der Waals surface area contributed by atoms with Crippen molar-refractivity contribution >= 4 is 22.0 Å². The van der Waals surface area contributed by atoms with Gasteiger partial charge in [0.25, 0.3) is 0 Å². The van der Waals surface area contributed by atoms with Crippen LogP contribution in [0.15, 0.2) is 83.2 Å². The first-order valence-electron chi connectivity index (χ1n) is 10.4. The summed E-state index contributed by atoms with van der Waals surface area (Å²) in [4.78, 5) is 26.0. The molecule has 0 radical (unpaired) electrons. The molecule has 1 aliphatic heterocycles. The molecule has 2 aromatic carbocycles. The van der Waals surface area contributed by atoms with Crippen LogP contribution in [0.5, 0.6) is 0 Å². The summed E-state index contributed by atoms with van der Waals surface area (Å²) in [6.07, 6.45) is 5.92. The molecule has 0 fully saturated rings. The zero-order valence-corrected chi connectivity index (χ0v) is 18.7. The fraction of sp³-hybridized carbons (Fsp3) is 0.0833. The lowest BCUT2D eigenvalue weighted by Crippen LogP contribution is -2.20. The molecule has 0 bridgehead atoms. The van der Waals surface area contributed by atoms with Crippen LogP contribution in [0.1, 0.15) is 33.4 Å². The number of carbonyl (C=O) groups is 1. The van der Waals surface area contributed by atoms with Crippen molar-refractivity contribution in [3.8, 4) is 16.8 Å². The Morgan fingerprint density at radius 2 is 1.85 bits per heavy atom. The third kappa shape index (κ3) is 3.83. The highest BCUT2D eigenvalue weighted by Gasteiger charge is 2.31. The van der Waals surface area contributed by atoms with Gasteiger partial charge >= 0.3 is 0 Å². The van der Waals surface area contributed by atoms with E-state index in [9.17, 15) is 13.2 Å². The van der Waals surface area contributed by atoms with Gasteiger partial charge in [-0.25, -0.2) is 18.5 Å². The summed E-state index contributed by atoms with van der Waals surface area (Å²) in [5, 5.41) is 5.33. The van der Waals surface area contributed by atoms with Crippen molar-refractivity contribution < 1.29 is 13.2 Å². The second kappa shape index (κ2) is 8.41. The second-order valence-electron chi connectivity index (χ2n) is 7.81. The van der Waals surface area contributed by atoms with E-state index in [-0.39, 0.29) is 10.7 Å². The molecule has 170 valence electrons. The standard InChI is InChI=1S/C24H20N6O3S/c25-11-15-2-1-3-18(10-15)30-14-29-20-12-28-22(24(31)23(20)30)17-6-4-16(5-7-17)19-8-9-27-13-21(19)34(26,32)33/h1-10,12-14,22H,11,25H2,(H2,26,32,33). The highest BCUT2D eigenvalue weighted by atomic mass is 32.2. The van der Waals surface area contributed by atoms with Crippen LogP contribution < -0.4 is 10.9 Å². The number of nitrogens with two attached hydrogens (primary N) is 2. The molecule has 9 nitrogen and oxygen atoms in total. The van der Waals surface area contributed by atoms with Gasteiger partial charge in [-0.05, 0) is 34.9 Å². The minimum Gasteiger partial charge on any atom is -0.326 e. The van der Waals surface area contributed by atoms with E-state index in [4.69, 9.17) is 10.9 Å².